The van der Waals surface area contributed by atoms with E-state index >= 15 is 0 Å². The second-order valence-corrected chi connectivity index (χ2v) is 7.85. The number of rotatable bonds is 7. The van der Waals surface area contributed by atoms with Gasteiger partial charge in [0.1, 0.15) is 9.88 Å². The van der Waals surface area contributed by atoms with Crippen LogP contribution in [-0.4, -0.2) is 46.2 Å². The third-order valence-corrected chi connectivity index (χ3v) is 4.46. The molecular weight excluding hydrogens is 324 g/mol. The van der Waals surface area contributed by atoms with E-state index in [1.54, 1.807) is 0 Å². The summed E-state index contributed by atoms with van der Waals surface area (Å²) in [4.78, 5) is 3.83. The van der Waals surface area contributed by atoms with Crippen molar-refractivity contribution in [1.82, 2.24) is 14.4 Å². The molecule has 0 aliphatic carbocycles. The van der Waals surface area contributed by atoms with Crippen LogP contribution in [-0.2, 0) is 20.0 Å². The normalized spacial score (nSPS) is 12.2. The van der Waals surface area contributed by atoms with E-state index in [1.807, 2.05) is 0 Å². The number of nitrogens with zero attached hydrogens (tertiary/aromatic N) is 1. The standard InChI is InChI=1S/C9H14N4O4S3/c1-19(14,15)12-4-5-13-20(16,17)7-2-3-8(9(10)18)11-6-7/h2-3,6,12-13H,4-5H2,1H3,(H2,10,18). The maximum atomic E-state index is 11.8. The Balaban J connectivity index is 2.67. The van der Waals surface area contributed by atoms with Crippen molar-refractivity contribution in [2.45, 2.75) is 4.90 Å². The van der Waals surface area contributed by atoms with Crippen molar-refractivity contribution in [3.05, 3.63) is 24.0 Å². The fourth-order valence-corrected chi connectivity index (χ4v) is 2.76. The second-order valence-electron chi connectivity index (χ2n) is 3.81. The average molecular weight is 338 g/mol. The van der Waals surface area contributed by atoms with E-state index in [1.165, 1.54) is 12.1 Å². The predicted octanol–water partition coefficient (Wildman–Crippen LogP) is -1.46. The highest BCUT2D eigenvalue weighted by molar-refractivity contribution is 7.89. The molecular formula is C9H14N4O4S3. The first-order valence-electron chi connectivity index (χ1n) is 5.32. The van der Waals surface area contributed by atoms with Gasteiger partial charge in [-0.1, -0.05) is 12.2 Å². The molecule has 0 bridgehead atoms. The molecule has 0 unspecified atom stereocenters. The predicted molar refractivity (Wildman–Crippen MR) is 78.2 cm³/mol. The number of nitrogens with two attached hydrogens (primary N) is 1. The van der Waals surface area contributed by atoms with Crippen LogP contribution in [0.25, 0.3) is 0 Å². The molecule has 1 aromatic heterocycles. The first-order valence-corrected chi connectivity index (χ1v) is 9.10. The molecule has 1 heterocycles. The molecule has 8 nitrogen and oxygen atoms in total. The van der Waals surface area contributed by atoms with Crippen LogP contribution < -0.4 is 15.2 Å². The SMILES string of the molecule is CS(=O)(=O)NCCNS(=O)(=O)c1ccc(C(N)=S)nc1. The van der Waals surface area contributed by atoms with E-state index in [-0.39, 0.29) is 23.0 Å². The van der Waals surface area contributed by atoms with Crippen LogP contribution in [0.2, 0.25) is 0 Å². The summed E-state index contributed by atoms with van der Waals surface area (Å²) in [7, 11) is -7.10. The molecule has 0 aromatic carbocycles. The molecule has 1 aromatic rings. The zero-order valence-corrected chi connectivity index (χ0v) is 13.0. The molecule has 0 fully saturated rings. The summed E-state index contributed by atoms with van der Waals surface area (Å²) in [5.74, 6) is 0. The quantitative estimate of drug-likeness (QED) is 0.409. The van der Waals surface area contributed by atoms with Crippen LogP contribution >= 0.6 is 12.2 Å². The average Bonchev–Trinajstić information content (AvgIpc) is 2.34. The lowest BCUT2D eigenvalue weighted by molar-refractivity contribution is 0.573. The highest BCUT2D eigenvalue weighted by Gasteiger charge is 2.14. The summed E-state index contributed by atoms with van der Waals surface area (Å²) in [6.45, 7) is -0.122. The van der Waals surface area contributed by atoms with Crippen molar-refractivity contribution in [2.75, 3.05) is 19.3 Å². The molecule has 4 N–H and O–H groups in total. The Morgan fingerprint density at radius 2 is 1.85 bits per heavy atom. The van der Waals surface area contributed by atoms with Gasteiger partial charge in [0, 0.05) is 19.3 Å². The Labute approximate surface area is 122 Å². The highest BCUT2D eigenvalue weighted by Crippen LogP contribution is 2.07. The molecule has 11 heteroatoms. The molecule has 0 saturated carbocycles. The molecule has 0 aliphatic heterocycles. The monoisotopic (exact) mass is 338 g/mol. The lowest BCUT2D eigenvalue weighted by atomic mass is 10.3. The van der Waals surface area contributed by atoms with E-state index in [0.29, 0.717) is 5.69 Å². The number of hydrogen-bond donors (Lipinski definition) is 3. The van der Waals surface area contributed by atoms with Gasteiger partial charge >= 0.3 is 0 Å². The van der Waals surface area contributed by atoms with Crippen LogP contribution in [0.1, 0.15) is 5.69 Å². The van der Waals surface area contributed by atoms with E-state index in [2.05, 4.69) is 14.4 Å². The van der Waals surface area contributed by atoms with Crippen molar-refractivity contribution in [1.29, 1.82) is 0 Å². The van der Waals surface area contributed by atoms with Gasteiger partial charge in [-0.3, -0.25) is 4.98 Å². The Kier molecular flexibility index (Phi) is 5.53. The second kappa shape index (κ2) is 6.54. The van der Waals surface area contributed by atoms with Gasteiger partial charge in [0.05, 0.1) is 11.9 Å². The summed E-state index contributed by atoms with van der Waals surface area (Å²) in [5, 5.41) is 0. The van der Waals surface area contributed by atoms with E-state index in [4.69, 9.17) is 18.0 Å². The lowest BCUT2D eigenvalue weighted by Gasteiger charge is -2.07. The van der Waals surface area contributed by atoms with E-state index < -0.39 is 20.0 Å². The lowest BCUT2D eigenvalue weighted by Crippen LogP contribution is -2.34. The van der Waals surface area contributed by atoms with Gasteiger partial charge in [-0.05, 0) is 12.1 Å². The Bertz CT molecular complexity index is 682. The molecule has 0 amide bonds. The van der Waals surface area contributed by atoms with E-state index in [0.717, 1.165) is 12.5 Å². The van der Waals surface area contributed by atoms with Crippen LogP contribution in [0.3, 0.4) is 0 Å². The minimum atomic E-state index is -3.75. The number of aromatic nitrogens is 1. The Hall–Kier alpha value is -1.14. The zero-order valence-electron chi connectivity index (χ0n) is 10.5. The van der Waals surface area contributed by atoms with Crippen molar-refractivity contribution in [3.63, 3.8) is 0 Å². The molecule has 0 spiro atoms. The van der Waals surface area contributed by atoms with Crippen molar-refractivity contribution < 1.29 is 16.8 Å². The van der Waals surface area contributed by atoms with Crippen LogP contribution in [0.5, 0.6) is 0 Å². The van der Waals surface area contributed by atoms with Gasteiger partial charge in [0.15, 0.2) is 0 Å². The molecule has 0 aliphatic rings. The summed E-state index contributed by atoms with van der Waals surface area (Å²) in [5.41, 5.74) is 5.67. The molecule has 20 heavy (non-hydrogen) atoms. The van der Waals surface area contributed by atoms with E-state index in [9.17, 15) is 16.8 Å². The summed E-state index contributed by atoms with van der Waals surface area (Å²) < 4.78 is 49.7. The van der Waals surface area contributed by atoms with Crippen molar-refractivity contribution in [2.24, 2.45) is 5.73 Å². The molecule has 0 atom stereocenters. The van der Waals surface area contributed by atoms with Gasteiger partial charge < -0.3 is 5.73 Å². The zero-order chi connectivity index (χ0) is 15.4. The number of pyridine rings is 1. The van der Waals surface area contributed by atoms with Crippen molar-refractivity contribution in [3.8, 4) is 0 Å². The third kappa shape index (κ3) is 5.46. The van der Waals surface area contributed by atoms with Gasteiger partial charge in [-0.25, -0.2) is 26.3 Å². The minimum Gasteiger partial charge on any atom is -0.388 e. The van der Waals surface area contributed by atoms with Crippen LogP contribution in [0.15, 0.2) is 23.2 Å². The number of thiocarbonyl (C=S) groups is 1. The van der Waals surface area contributed by atoms with Crippen molar-refractivity contribution >= 4 is 37.3 Å². The number of sulfonamides is 2. The van der Waals surface area contributed by atoms with Crippen LogP contribution in [0.4, 0.5) is 0 Å². The van der Waals surface area contributed by atoms with Gasteiger partial charge in [-0.2, -0.15) is 0 Å². The maximum absolute atomic E-state index is 11.8. The minimum absolute atomic E-state index is 0.0452. The fraction of sp³-hybridized carbons (Fsp3) is 0.333. The Morgan fingerprint density at radius 1 is 1.25 bits per heavy atom. The molecule has 112 valence electrons. The van der Waals surface area contributed by atoms with Gasteiger partial charge in [-0.15, -0.1) is 0 Å². The van der Waals surface area contributed by atoms with Gasteiger partial charge in [0.2, 0.25) is 20.0 Å². The largest absolute Gasteiger partial charge is 0.388 e. The molecule has 1 rings (SSSR count). The first-order chi connectivity index (χ1) is 9.12. The highest BCUT2D eigenvalue weighted by atomic mass is 32.2. The summed E-state index contributed by atoms with van der Waals surface area (Å²) in [6.07, 6.45) is 2.11. The Morgan fingerprint density at radius 3 is 2.30 bits per heavy atom. The molecule has 0 saturated heterocycles. The third-order valence-electron chi connectivity index (χ3n) is 2.08. The first kappa shape index (κ1) is 16.9. The summed E-state index contributed by atoms with van der Waals surface area (Å²) >= 11 is 4.70. The number of nitrogens with one attached hydrogen (secondary N) is 2. The topological polar surface area (TPSA) is 131 Å². The maximum Gasteiger partial charge on any atom is 0.242 e. The fourth-order valence-electron chi connectivity index (χ4n) is 1.19. The van der Waals surface area contributed by atoms with Gasteiger partial charge in [0.25, 0.3) is 0 Å². The smallest absolute Gasteiger partial charge is 0.242 e. The van der Waals surface area contributed by atoms with Crippen LogP contribution in [0, 0.1) is 0 Å². The molecule has 0 radical (unpaired) electrons. The number of hydrogen-bond acceptors (Lipinski definition) is 6. The summed E-state index contributed by atoms with van der Waals surface area (Å²) in [6, 6.07) is 2.71.